The van der Waals surface area contributed by atoms with Crippen molar-refractivity contribution in [2.45, 2.75) is 20.8 Å². The summed E-state index contributed by atoms with van der Waals surface area (Å²) >= 11 is 1.31. The van der Waals surface area contributed by atoms with Gasteiger partial charge in [0.1, 0.15) is 28.5 Å². The van der Waals surface area contributed by atoms with Gasteiger partial charge in [0.15, 0.2) is 0 Å². The van der Waals surface area contributed by atoms with Crippen molar-refractivity contribution < 1.29 is 14.3 Å². The number of ether oxygens (including phenoxy) is 2. The van der Waals surface area contributed by atoms with Gasteiger partial charge in [0.2, 0.25) is 0 Å². The summed E-state index contributed by atoms with van der Waals surface area (Å²) in [6, 6.07) is 6.19. The van der Waals surface area contributed by atoms with E-state index in [-0.39, 0.29) is 12.6 Å². The molecular weight excluding hydrogens is 350 g/mol. The zero-order valence-electron chi connectivity index (χ0n) is 15.3. The van der Waals surface area contributed by atoms with Gasteiger partial charge in [-0.15, -0.1) is 11.3 Å². The molecule has 3 rings (SSSR count). The number of carbonyl (C=O) groups is 1. The Hall–Kier alpha value is -2.51. The Balaban J connectivity index is 1.96. The quantitative estimate of drug-likeness (QED) is 0.518. The predicted octanol–water partition coefficient (Wildman–Crippen LogP) is 4.16. The Morgan fingerprint density at radius 1 is 1.19 bits per heavy atom. The van der Waals surface area contributed by atoms with Crippen LogP contribution in [-0.2, 0) is 9.47 Å². The van der Waals surface area contributed by atoms with Crippen molar-refractivity contribution in [1.29, 1.82) is 0 Å². The lowest BCUT2D eigenvalue weighted by Crippen LogP contribution is -2.09. The Kier molecular flexibility index (Phi) is 5.49. The Morgan fingerprint density at radius 2 is 2.00 bits per heavy atom. The van der Waals surface area contributed by atoms with E-state index in [1.807, 2.05) is 26.0 Å². The first-order valence-corrected chi connectivity index (χ1v) is 9.07. The van der Waals surface area contributed by atoms with Crippen LogP contribution in [0.5, 0.6) is 0 Å². The van der Waals surface area contributed by atoms with E-state index in [9.17, 15) is 4.79 Å². The fourth-order valence-electron chi connectivity index (χ4n) is 2.73. The van der Waals surface area contributed by atoms with Crippen LogP contribution < -0.4 is 5.32 Å². The summed E-state index contributed by atoms with van der Waals surface area (Å²) in [6.07, 6.45) is 1.50. The number of aryl methyl sites for hydroxylation is 3. The van der Waals surface area contributed by atoms with E-state index in [0.29, 0.717) is 17.3 Å². The number of hydrogen-bond donors (Lipinski definition) is 1. The molecule has 1 N–H and O–H groups in total. The highest BCUT2D eigenvalue weighted by Crippen LogP contribution is 2.35. The Morgan fingerprint density at radius 3 is 2.73 bits per heavy atom. The van der Waals surface area contributed by atoms with E-state index >= 15 is 0 Å². The summed E-state index contributed by atoms with van der Waals surface area (Å²) in [6.45, 7) is 6.59. The van der Waals surface area contributed by atoms with Crippen LogP contribution in [0.3, 0.4) is 0 Å². The number of benzene rings is 1. The van der Waals surface area contributed by atoms with Gasteiger partial charge in [-0.05, 0) is 38.0 Å². The highest BCUT2D eigenvalue weighted by Gasteiger charge is 2.20. The molecule has 3 aromatic rings. The number of esters is 1. The van der Waals surface area contributed by atoms with Crippen LogP contribution in [0.25, 0.3) is 10.2 Å². The first-order chi connectivity index (χ1) is 12.5. The summed E-state index contributed by atoms with van der Waals surface area (Å²) in [5.41, 5.74) is 4.13. The van der Waals surface area contributed by atoms with Crippen molar-refractivity contribution in [1.82, 2.24) is 9.97 Å². The second-order valence-corrected chi connectivity index (χ2v) is 7.03. The summed E-state index contributed by atoms with van der Waals surface area (Å²) in [4.78, 5) is 22.3. The minimum atomic E-state index is -0.361. The molecule has 0 aliphatic heterocycles. The maximum atomic E-state index is 12.3. The van der Waals surface area contributed by atoms with Gasteiger partial charge in [0.25, 0.3) is 0 Å². The number of hydrogen-bond acceptors (Lipinski definition) is 7. The molecule has 0 aliphatic rings. The summed E-state index contributed by atoms with van der Waals surface area (Å²) in [5, 5.41) is 4.21. The van der Waals surface area contributed by atoms with Crippen molar-refractivity contribution in [2.24, 2.45) is 0 Å². The zero-order chi connectivity index (χ0) is 18.7. The zero-order valence-corrected chi connectivity index (χ0v) is 16.1. The lowest BCUT2D eigenvalue weighted by atomic mass is 10.1. The van der Waals surface area contributed by atoms with Gasteiger partial charge in [-0.25, -0.2) is 14.8 Å². The largest absolute Gasteiger partial charge is 0.459 e. The van der Waals surface area contributed by atoms with Gasteiger partial charge in [-0.3, -0.25) is 0 Å². The molecule has 0 saturated carbocycles. The van der Waals surface area contributed by atoms with E-state index in [4.69, 9.17) is 9.47 Å². The first-order valence-electron chi connectivity index (χ1n) is 8.25. The molecule has 136 valence electrons. The maximum Gasteiger partial charge on any atom is 0.348 e. The van der Waals surface area contributed by atoms with E-state index in [0.717, 1.165) is 27.0 Å². The molecule has 0 atom stereocenters. The maximum absolute atomic E-state index is 12.3. The van der Waals surface area contributed by atoms with Crippen LogP contribution in [0.2, 0.25) is 0 Å². The molecule has 0 radical (unpaired) electrons. The molecular formula is C19H21N3O3S. The molecule has 0 bridgehead atoms. The summed E-state index contributed by atoms with van der Waals surface area (Å²) in [5.74, 6) is 0.326. The number of aromatic nitrogens is 2. The van der Waals surface area contributed by atoms with Crippen LogP contribution in [0.15, 0.2) is 24.5 Å². The minimum absolute atomic E-state index is 0.225. The van der Waals surface area contributed by atoms with E-state index in [1.165, 1.54) is 23.2 Å². The summed E-state index contributed by atoms with van der Waals surface area (Å²) < 4.78 is 10.2. The number of methoxy groups -OCH3 is 1. The van der Waals surface area contributed by atoms with Crippen LogP contribution in [0, 0.1) is 20.8 Å². The molecule has 0 unspecified atom stereocenters. The lowest BCUT2D eigenvalue weighted by molar-refractivity contribution is 0.0393. The van der Waals surface area contributed by atoms with Gasteiger partial charge in [0, 0.05) is 12.8 Å². The van der Waals surface area contributed by atoms with Crippen molar-refractivity contribution >= 4 is 39.0 Å². The number of nitrogens with one attached hydrogen (secondary N) is 1. The van der Waals surface area contributed by atoms with Crippen molar-refractivity contribution in [3.8, 4) is 0 Å². The number of rotatable bonds is 6. The Bertz CT molecular complexity index is 953. The average Bonchev–Trinajstić information content (AvgIpc) is 2.95. The molecule has 6 nitrogen and oxygen atoms in total. The fraction of sp³-hybridized carbons (Fsp3) is 0.316. The monoisotopic (exact) mass is 371 g/mol. The second-order valence-electron chi connectivity index (χ2n) is 6.03. The average molecular weight is 371 g/mol. The summed E-state index contributed by atoms with van der Waals surface area (Å²) in [7, 11) is 1.57. The van der Waals surface area contributed by atoms with Crippen LogP contribution in [-0.4, -0.2) is 36.3 Å². The predicted molar refractivity (Wildman–Crippen MR) is 104 cm³/mol. The normalized spacial score (nSPS) is 10.9. The van der Waals surface area contributed by atoms with E-state index in [1.54, 1.807) is 7.11 Å². The standard InChI is InChI=1S/C19H21N3O3S/c1-11-5-6-14(12(2)9-11)22-17-15-13(3)16(19(23)25-8-7-24-4)26-18(15)21-10-20-17/h5-6,9-10H,7-8H2,1-4H3,(H,20,21,22). The van der Waals surface area contributed by atoms with Crippen LogP contribution >= 0.6 is 11.3 Å². The smallest absolute Gasteiger partial charge is 0.348 e. The topological polar surface area (TPSA) is 73.3 Å². The third kappa shape index (κ3) is 3.68. The first kappa shape index (κ1) is 18.3. The van der Waals surface area contributed by atoms with Crippen molar-refractivity contribution in [2.75, 3.05) is 25.6 Å². The SMILES string of the molecule is COCCOC(=O)c1sc2ncnc(Nc3ccc(C)cc3C)c2c1C. The minimum Gasteiger partial charge on any atom is -0.459 e. The molecule has 2 heterocycles. The fourth-order valence-corrected chi connectivity index (χ4v) is 3.77. The van der Waals surface area contributed by atoms with Gasteiger partial charge in [-0.2, -0.15) is 0 Å². The van der Waals surface area contributed by atoms with E-state index in [2.05, 4.69) is 28.3 Å². The van der Waals surface area contributed by atoms with Gasteiger partial charge in [-0.1, -0.05) is 17.7 Å². The molecule has 1 aromatic carbocycles. The Labute approximate surface area is 156 Å². The molecule has 0 amide bonds. The molecule has 7 heteroatoms. The third-order valence-corrected chi connectivity index (χ3v) is 5.25. The second kappa shape index (κ2) is 7.80. The third-order valence-electron chi connectivity index (χ3n) is 4.07. The highest BCUT2D eigenvalue weighted by molar-refractivity contribution is 7.20. The number of thiophene rings is 1. The van der Waals surface area contributed by atoms with E-state index < -0.39 is 0 Å². The van der Waals surface area contributed by atoms with Crippen molar-refractivity contribution in [3.63, 3.8) is 0 Å². The highest BCUT2D eigenvalue weighted by atomic mass is 32.1. The van der Waals surface area contributed by atoms with Gasteiger partial charge >= 0.3 is 5.97 Å². The number of fused-ring (bicyclic) bond motifs is 1. The molecule has 0 spiro atoms. The molecule has 26 heavy (non-hydrogen) atoms. The molecule has 0 aliphatic carbocycles. The van der Waals surface area contributed by atoms with Crippen LogP contribution in [0.4, 0.5) is 11.5 Å². The molecule has 2 aromatic heterocycles. The van der Waals surface area contributed by atoms with Crippen LogP contribution in [0.1, 0.15) is 26.4 Å². The molecule has 0 saturated heterocycles. The number of anilines is 2. The van der Waals surface area contributed by atoms with Crippen molar-refractivity contribution in [3.05, 3.63) is 46.1 Å². The lowest BCUT2D eigenvalue weighted by Gasteiger charge is -2.10. The number of carbonyl (C=O) groups excluding carboxylic acids is 1. The van der Waals surface area contributed by atoms with Gasteiger partial charge in [0.05, 0.1) is 12.0 Å². The number of nitrogens with zero attached hydrogens (tertiary/aromatic N) is 2. The van der Waals surface area contributed by atoms with Gasteiger partial charge < -0.3 is 14.8 Å². The molecule has 0 fully saturated rings.